The van der Waals surface area contributed by atoms with Crippen molar-refractivity contribution < 1.29 is 0 Å². The van der Waals surface area contributed by atoms with Gasteiger partial charge in [0, 0.05) is 102 Å². The van der Waals surface area contributed by atoms with E-state index in [2.05, 4.69) is 372 Å². The zero-order chi connectivity index (χ0) is 83.1. The number of benzene rings is 14. The first-order valence-corrected chi connectivity index (χ1v) is 42.7. The standard InChI is InChI=1S/C112H67N15/c1-3-28-68(29-4-1)110-118-111(69-30-5-2-6-31-69)120-112(119-110)99-105(123-89-47-18-11-40-80(89)100-94(123)50-23-59-113-100)107(126-92-57-55-72(66-83(92)103-97(126)53-26-62-116-103)70-32-21-34-74(64-70)121-85-43-14-7-36-76(85)77-37-8-15-44-86(77)121)109(125-91-49-20-13-42-82(91)102-96(125)52-25-61-115-102)108(106(99)124-90-48-19-12-41-81(90)101-95(124)51-24-60-114-101)127-93-58-56-73(67-84(93)104-98(127)54-27-63-117-104)71-33-22-35-75(65-71)122-87-45-16-9-38-78(87)79-39-10-17-46-88(79)122/h1-67H. The quantitative estimate of drug-likeness (QED) is 0.118. The number of hydrogen-bond donors (Lipinski definition) is 0. The van der Waals surface area contributed by atoms with Gasteiger partial charge < -0.3 is 32.0 Å². The fourth-order valence-electron chi connectivity index (χ4n) is 20.5. The predicted molar refractivity (Wildman–Crippen MR) is 516 cm³/mol. The molecule has 0 aliphatic carbocycles. The van der Waals surface area contributed by atoms with Crippen LogP contribution in [-0.2, 0) is 0 Å². The summed E-state index contributed by atoms with van der Waals surface area (Å²) < 4.78 is 17.1. The van der Waals surface area contributed by atoms with E-state index in [4.69, 9.17) is 39.9 Å². The molecule has 0 saturated heterocycles. The van der Waals surface area contributed by atoms with Gasteiger partial charge >= 0.3 is 0 Å². The molecule has 0 spiro atoms. The summed E-state index contributed by atoms with van der Waals surface area (Å²) >= 11 is 0. The summed E-state index contributed by atoms with van der Waals surface area (Å²) in [7, 11) is 0. The van der Waals surface area contributed by atoms with E-state index >= 15 is 0 Å². The number of aromatic nitrogens is 15. The van der Waals surface area contributed by atoms with Gasteiger partial charge in [-0.2, -0.15) is 0 Å². The lowest BCUT2D eigenvalue weighted by Gasteiger charge is -2.31. The monoisotopic (exact) mass is 1620 g/mol. The molecule has 127 heavy (non-hydrogen) atoms. The van der Waals surface area contributed by atoms with Crippen LogP contribution in [0.5, 0.6) is 0 Å². The summed E-state index contributed by atoms with van der Waals surface area (Å²) in [5.74, 6) is 1.33. The molecule has 0 amide bonds. The third-order valence-corrected chi connectivity index (χ3v) is 25.8. The molecule has 590 valence electrons. The van der Waals surface area contributed by atoms with Crippen LogP contribution in [0.2, 0.25) is 0 Å². The number of nitrogens with zero attached hydrogens (tertiary/aromatic N) is 15. The Hall–Kier alpha value is -17.6. The predicted octanol–water partition coefficient (Wildman–Crippen LogP) is 26.9. The van der Waals surface area contributed by atoms with Crippen molar-refractivity contribution in [2.45, 2.75) is 0 Å². The number of pyridine rings is 5. The Bertz CT molecular complexity index is 8580. The van der Waals surface area contributed by atoms with Gasteiger partial charge in [0.05, 0.1) is 139 Å². The first-order chi connectivity index (χ1) is 63.1. The van der Waals surface area contributed by atoms with E-state index < -0.39 is 0 Å². The van der Waals surface area contributed by atoms with Gasteiger partial charge in [0.25, 0.3) is 0 Å². The smallest absolute Gasteiger partial charge is 0.168 e. The Morgan fingerprint density at radius 1 is 0.150 bits per heavy atom. The molecule has 0 N–H and O–H groups in total. The zero-order valence-corrected chi connectivity index (χ0v) is 67.9. The highest BCUT2D eigenvalue weighted by Crippen LogP contribution is 2.55. The van der Waals surface area contributed by atoms with Crippen LogP contribution in [0.25, 0.3) is 250 Å². The molecule has 27 aromatic rings. The third-order valence-electron chi connectivity index (χ3n) is 25.8. The number of hydrogen-bond acceptors (Lipinski definition) is 8. The molecule has 0 unspecified atom stereocenters. The van der Waals surface area contributed by atoms with Gasteiger partial charge in [0.2, 0.25) is 0 Å². The summed E-state index contributed by atoms with van der Waals surface area (Å²) in [6.45, 7) is 0. The van der Waals surface area contributed by atoms with Gasteiger partial charge in [0.15, 0.2) is 17.5 Å². The van der Waals surface area contributed by atoms with Crippen molar-refractivity contribution in [1.82, 2.24) is 71.8 Å². The highest BCUT2D eigenvalue weighted by molar-refractivity contribution is 6.19. The van der Waals surface area contributed by atoms with Crippen LogP contribution in [0.3, 0.4) is 0 Å². The Kier molecular flexibility index (Phi) is 15.2. The molecule has 15 heteroatoms. The van der Waals surface area contributed by atoms with Crippen molar-refractivity contribution in [2.24, 2.45) is 0 Å². The van der Waals surface area contributed by atoms with Crippen LogP contribution in [0.1, 0.15) is 0 Å². The summed E-state index contributed by atoms with van der Waals surface area (Å²) in [5.41, 5.74) is 29.4. The number of rotatable bonds is 12. The minimum atomic E-state index is 0.383. The van der Waals surface area contributed by atoms with Crippen molar-refractivity contribution in [2.75, 3.05) is 0 Å². The molecule has 0 aliphatic rings. The van der Waals surface area contributed by atoms with Gasteiger partial charge in [-0.3, -0.25) is 24.9 Å². The van der Waals surface area contributed by atoms with Crippen molar-refractivity contribution in [3.63, 3.8) is 0 Å². The maximum atomic E-state index is 6.11. The molecule has 0 fully saturated rings. The van der Waals surface area contributed by atoms with Crippen LogP contribution >= 0.6 is 0 Å². The van der Waals surface area contributed by atoms with Gasteiger partial charge in [-0.15, -0.1) is 0 Å². The molecule has 13 aromatic heterocycles. The van der Waals surface area contributed by atoms with E-state index in [0.29, 0.717) is 23.0 Å². The van der Waals surface area contributed by atoms with Gasteiger partial charge in [0.1, 0.15) is 0 Å². The van der Waals surface area contributed by atoms with Gasteiger partial charge in [-0.25, -0.2) is 15.0 Å². The lowest BCUT2D eigenvalue weighted by Crippen LogP contribution is -2.19. The summed E-state index contributed by atoms with van der Waals surface area (Å²) in [5, 5.41) is 9.48. The molecule has 0 aliphatic heterocycles. The number of fused-ring (bicyclic) bond motifs is 21. The lowest BCUT2D eigenvalue weighted by molar-refractivity contribution is 0.987. The summed E-state index contributed by atoms with van der Waals surface area (Å²) in [6, 6.07) is 135. The highest BCUT2D eigenvalue weighted by Gasteiger charge is 2.39. The van der Waals surface area contributed by atoms with Crippen LogP contribution < -0.4 is 0 Å². The molecule has 13 heterocycles. The van der Waals surface area contributed by atoms with Crippen molar-refractivity contribution in [3.8, 4) is 96.2 Å². The van der Waals surface area contributed by atoms with Crippen molar-refractivity contribution in [1.29, 1.82) is 0 Å². The van der Waals surface area contributed by atoms with Crippen molar-refractivity contribution >= 4 is 153 Å². The average molecular weight is 1620 g/mol. The maximum absolute atomic E-state index is 6.11. The second-order valence-electron chi connectivity index (χ2n) is 32.5. The molecule has 0 radical (unpaired) electrons. The normalized spacial score (nSPS) is 12.1. The molecule has 0 atom stereocenters. The minimum Gasteiger partial charge on any atom is -0.309 e. The molecule has 0 saturated carbocycles. The maximum Gasteiger partial charge on any atom is 0.168 e. The Morgan fingerprint density at radius 2 is 0.394 bits per heavy atom. The van der Waals surface area contributed by atoms with Crippen molar-refractivity contribution in [3.05, 3.63) is 407 Å². The minimum absolute atomic E-state index is 0.383. The van der Waals surface area contributed by atoms with Crippen LogP contribution in [-0.4, -0.2) is 71.8 Å². The SMILES string of the molecule is c1ccc(-c2nc(-c3ccccc3)nc(-c3c(-n4c5ccccc5c5ncccc54)c(-n4c5ccc(-c6cccc(-n7c8ccccc8c8ccccc87)c6)cc5c5ncccc54)c(-n4c5ccccc5c5ncccc54)c(-n4c5ccc(-c6cccc(-n7c8ccccc8c8ccccc87)c6)cc5c5ncccc54)c3-n3c4ccccc4c4ncccc43)n2)cc1. The second-order valence-corrected chi connectivity index (χ2v) is 32.5. The first-order valence-electron chi connectivity index (χ1n) is 42.7. The van der Waals surface area contributed by atoms with E-state index in [-0.39, 0.29) is 0 Å². The molecule has 27 rings (SSSR count). The largest absolute Gasteiger partial charge is 0.309 e. The highest BCUT2D eigenvalue weighted by atomic mass is 15.2. The Balaban J connectivity index is 0.875. The molecule has 15 nitrogen and oxygen atoms in total. The fraction of sp³-hybridized carbons (Fsp3) is 0. The summed E-state index contributed by atoms with van der Waals surface area (Å²) in [6.07, 6.45) is 9.58. The fourth-order valence-corrected chi connectivity index (χ4v) is 20.5. The Morgan fingerprint density at radius 3 is 0.732 bits per heavy atom. The van der Waals surface area contributed by atoms with E-state index in [1.165, 1.54) is 21.5 Å². The average Bonchev–Trinajstić information content (AvgIpc) is 1.52. The first kappa shape index (κ1) is 70.2. The third kappa shape index (κ3) is 10.4. The van der Waals surface area contributed by atoms with Crippen LogP contribution in [0.4, 0.5) is 0 Å². The zero-order valence-electron chi connectivity index (χ0n) is 67.9. The lowest BCUT2D eigenvalue weighted by atomic mass is 9.99. The Labute approximate surface area is 723 Å². The van der Waals surface area contributed by atoms with E-state index in [0.717, 1.165) is 205 Å². The van der Waals surface area contributed by atoms with Crippen LogP contribution in [0, 0.1) is 0 Å². The van der Waals surface area contributed by atoms with Crippen LogP contribution in [0.15, 0.2) is 407 Å². The molecular weight excluding hydrogens is 1560 g/mol. The van der Waals surface area contributed by atoms with E-state index in [9.17, 15) is 0 Å². The van der Waals surface area contributed by atoms with Gasteiger partial charge in [-0.1, -0.05) is 224 Å². The van der Waals surface area contributed by atoms with E-state index in [1.54, 1.807) is 0 Å². The molecule has 0 bridgehead atoms. The molecule has 14 aromatic carbocycles. The summed E-state index contributed by atoms with van der Waals surface area (Å²) in [4.78, 5) is 45.4. The van der Waals surface area contributed by atoms with E-state index in [1.807, 2.05) is 67.4 Å². The number of para-hydroxylation sites is 7. The molecular formula is C112H67N15. The topological polar surface area (TPSA) is 138 Å². The van der Waals surface area contributed by atoms with Gasteiger partial charge in [-0.05, 0) is 174 Å². The second kappa shape index (κ2) is 27.5.